The number of hydrogen-bond donors (Lipinski definition) is 1. The molecule has 2 nitrogen and oxygen atoms in total. The Kier molecular flexibility index (Phi) is 17.1. The standard InChI is InChI=1S/C11H26N2.C3H8/c1-5-7-11(6-2)10-13(4)9-8-12-3;1-3-2/h11-12H,5-10H2,1-4H3;3H2,1-2H3. The lowest BCUT2D eigenvalue weighted by atomic mass is 10.0. The van der Waals surface area contributed by atoms with Crippen LogP contribution in [-0.4, -0.2) is 38.6 Å². The lowest BCUT2D eigenvalue weighted by molar-refractivity contribution is 0.263. The van der Waals surface area contributed by atoms with Gasteiger partial charge in [-0.25, -0.2) is 0 Å². The first-order valence-electron chi connectivity index (χ1n) is 6.99. The zero-order valence-electron chi connectivity index (χ0n) is 12.5. The number of hydrogen-bond acceptors (Lipinski definition) is 2. The molecule has 0 aromatic rings. The number of likely N-dealkylation sites (N-methyl/N-ethyl adjacent to an activating group) is 2. The van der Waals surface area contributed by atoms with E-state index in [0.29, 0.717) is 0 Å². The highest BCUT2D eigenvalue weighted by molar-refractivity contribution is 4.62. The van der Waals surface area contributed by atoms with Crippen molar-refractivity contribution in [1.82, 2.24) is 10.2 Å². The smallest absolute Gasteiger partial charge is 0.0104 e. The van der Waals surface area contributed by atoms with Crippen LogP contribution in [-0.2, 0) is 0 Å². The molecular weight excluding hydrogens is 196 g/mol. The third-order valence-corrected chi connectivity index (χ3v) is 2.59. The third kappa shape index (κ3) is 13.9. The summed E-state index contributed by atoms with van der Waals surface area (Å²) in [6.07, 6.45) is 5.26. The summed E-state index contributed by atoms with van der Waals surface area (Å²) in [4.78, 5) is 2.43. The van der Waals surface area contributed by atoms with E-state index in [2.05, 4.69) is 45.0 Å². The molecule has 0 aliphatic carbocycles. The van der Waals surface area contributed by atoms with E-state index in [4.69, 9.17) is 0 Å². The summed E-state index contributed by atoms with van der Waals surface area (Å²) in [5, 5.41) is 3.18. The first-order chi connectivity index (χ1) is 7.65. The Hall–Kier alpha value is -0.0800. The topological polar surface area (TPSA) is 15.3 Å². The fraction of sp³-hybridized carbons (Fsp3) is 1.00. The Morgan fingerprint density at radius 2 is 1.69 bits per heavy atom. The van der Waals surface area contributed by atoms with E-state index >= 15 is 0 Å². The molecule has 0 aliphatic heterocycles. The zero-order chi connectivity index (χ0) is 12.8. The van der Waals surface area contributed by atoms with Crippen molar-refractivity contribution in [2.24, 2.45) is 5.92 Å². The van der Waals surface area contributed by atoms with Crippen LogP contribution < -0.4 is 5.32 Å². The van der Waals surface area contributed by atoms with Crippen molar-refractivity contribution in [1.29, 1.82) is 0 Å². The zero-order valence-corrected chi connectivity index (χ0v) is 12.5. The van der Waals surface area contributed by atoms with Crippen LogP contribution in [0, 0.1) is 5.92 Å². The molecule has 1 atom stereocenters. The minimum absolute atomic E-state index is 0.895. The van der Waals surface area contributed by atoms with Crippen molar-refractivity contribution in [3.8, 4) is 0 Å². The summed E-state index contributed by atoms with van der Waals surface area (Å²) in [6.45, 7) is 12.3. The van der Waals surface area contributed by atoms with Crippen molar-refractivity contribution >= 4 is 0 Å². The second-order valence-electron chi connectivity index (χ2n) is 4.64. The largest absolute Gasteiger partial charge is 0.318 e. The van der Waals surface area contributed by atoms with Crippen molar-refractivity contribution in [3.63, 3.8) is 0 Å². The third-order valence-electron chi connectivity index (χ3n) is 2.59. The van der Waals surface area contributed by atoms with Crippen molar-refractivity contribution in [2.75, 3.05) is 33.7 Å². The van der Waals surface area contributed by atoms with Gasteiger partial charge in [0.1, 0.15) is 0 Å². The minimum atomic E-state index is 0.895. The lowest BCUT2D eigenvalue weighted by Crippen LogP contribution is -2.31. The van der Waals surface area contributed by atoms with E-state index in [1.807, 2.05) is 7.05 Å². The highest BCUT2D eigenvalue weighted by atomic mass is 15.1. The average molecular weight is 230 g/mol. The fourth-order valence-electron chi connectivity index (χ4n) is 1.67. The van der Waals surface area contributed by atoms with Crippen LogP contribution in [0.5, 0.6) is 0 Å². The summed E-state index contributed by atoms with van der Waals surface area (Å²) in [6, 6.07) is 0. The lowest BCUT2D eigenvalue weighted by Gasteiger charge is -2.22. The first-order valence-corrected chi connectivity index (χ1v) is 6.99. The van der Waals surface area contributed by atoms with Crippen molar-refractivity contribution in [2.45, 2.75) is 53.4 Å². The maximum absolute atomic E-state index is 3.18. The van der Waals surface area contributed by atoms with E-state index in [1.165, 1.54) is 32.2 Å². The molecule has 0 heterocycles. The first kappa shape index (κ1) is 18.3. The van der Waals surface area contributed by atoms with Crippen LogP contribution in [0.1, 0.15) is 53.4 Å². The molecule has 0 aliphatic rings. The monoisotopic (exact) mass is 230 g/mol. The van der Waals surface area contributed by atoms with E-state index in [1.54, 1.807) is 0 Å². The molecule has 1 N–H and O–H groups in total. The molecule has 1 unspecified atom stereocenters. The number of nitrogens with one attached hydrogen (secondary N) is 1. The summed E-state index contributed by atoms with van der Waals surface area (Å²) in [5.74, 6) is 0.895. The molecule has 0 rings (SSSR count). The molecule has 0 saturated carbocycles. The molecule has 0 radical (unpaired) electrons. The van der Waals surface area contributed by atoms with Crippen LogP contribution in [0.15, 0.2) is 0 Å². The van der Waals surface area contributed by atoms with E-state index in [0.717, 1.165) is 19.0 Å². The summed E-state index contributed by atoms with van der Waals surface area (Å²) < 4.78 is 0. The predicted octanol–water partition coefficient (Wildman–Crippen LogP) is 3.38. The SMILES string of the molecule is CCC.CCCC(CC)CN(C)CCNC. The second kappa shape index (κ2) is 14.9. The number of nitrogens with zero attached hydrogens (tertiary/aromatic N) is 1. The Morgan fingerprint density at radius 1 is 1.12 bits per heavy atom. The van der Waals surface area contributed by atoms with Gasteiger partial charge >= 0.3 is 0 Å². The van der Waals surface area contributed by atoms with Crippen LogP contribution in [0.3, 0.4) is 0 Å². The van der Waals surface area contributed by atoms with Crippen LogP contribution >= 0.6 is 0 Å². The maximum Gasteiger partial charge on any atom is 0.0104 e. The summed E-state index contributed by atoms with van der Waals surface area (Å²) >= 11 is 0. The Morgan fingerprint density at radius 3 is 2.06 bits per heavy atom. The Balaban J connectivity index is 0. The van der Waals surface area contributed by atoms with Crippen LogP contribution in [0.4, 0.5) is 0 Å². The summed E-state index contributed by atoms with van der Waals surface area (Å²) in [5.41, 5.74) is 0. The Labute approximate surface area is 104 Å². The van der Waals surface area contributed by atoms with Gasteiger partial charge in [0.2, 0.25) is 0 Å². The fourth-order valence-corrected chi connectivity index (χ4v) is 1.67. The van der Waals surface area contributed by atoms with Crippen LogP contribution in [0.25, 0.3) is 0 Å². The van der Waals surface area contributed by atoms with E-state index < -0.39 is 0 Å². The molecule has 100 valence electrons. The van der Waals surface area contributed by atoms with Crippen molar-refractivity contribution < 1.29 is 0 Å². The molecule has 0 fully saturated rings. The van der Waals surface area contributed by atoms with Gasteiger partial charge in [-0.05, 0) is 26.4 Å². The van der Waals surface area contributed by atoms with Gasteiger partial charge in [-0.2, -0.15) is 0 Å². The normalized spacial score (nSPS) is 12.2. The molecule has 0 bridgehead atoms. The quantitative estimate of drug-likeness (QED) is 0.688. The van der Waals surface area contributed by atoms with Crippen LogP contribution in [0.2, 0.25) is 0 Å². The predicted molar refractivity (Wildman–Crippen MR) is 76.1 cm³/mol. The number of rotatable bonds is 8. The van der Waals surface area contributed by atoms with E-state index in [9.17, 15) is 0 Å². The maximum atomic E-state index is 3.18. The molecule has 0 spiro atoms. The van der Waals surface area contributed by atoms with Crippen molar-refractivity contribution in [3.05, 3.63) is 0 Å². The molecule has 2 heteroatoms. The van der Waals surface area contributed by atoms with Gasteiger partial charge < -0.3 is 10.2 Å². The van der Waals surface area contributed by atoms with Gasteiger partial charge in [-0.3, -0.25) is 0 Å². The van der Waals surface area contributed by atoms with Gasteiger partial charge in [-0.1, -0.05) is 47.0 Å². The molecule has 0 aromatic heterocycles. The highest BCUT2D eigenvalue weighted by Gasteiger charge is 2.07. The van der Waals surface area contributed by atoms with Gasteiger partial charge in [0.05, 0.1) is 0 Å². The molecular formula is C14H34N2. The highest BCUT2D eigenvalue weighted by Crippen LogP contribution is 2.11. The van der Waals surface area contributed by atoms with Gasteiger partial charge in [0, 0.05) is 19.6 Å². The van der Waals surface area contributed by atoms with Gasteiger partial charge in [-0.15, -0.1) is 0 Å². The molecule has 0 aromatic carbocycles. The molecule has 0 saturated heterocycles. The van der Waals surface area contributed by atoms with Gasteiger partial charge in [0.25, 0.3) is 0 Å². The second-order valence-corrected chi connectivity index (χ2v) is 4.64. The van der Waals surface area contributed by atoms with E-state index in [-0.39, 0.29) is 0 Å². The average Bonchev–Trinajstić information content (AvgIpc) is 2.26. The summed E-state index contributed by atoms with van der Waals surface area (Å²) in [7, 11) is 4.23. The molecule has 16 heavy (non-hydrogen) atoms. The minimum Gasteiger partial charge on any atom is -0.318 e. The van der Waals surface area contributed by atoms with Gasteiger partial charge in [0.15, 0.2) is 0 Å². The molecule has 0 amide bonds. The Bertz CT molecular complexity index is 115.